The predicted octanol–water partition coefficient (Wildman–Crippen LogP) is 1.38. The van der Waals surface area contributed by atoms with E-state index < -0.39 is 0 Å². The van der Waals surface area contributed by atoms with Gasteiger partial charge in [-0.15, -0.1) is 16.4 Å². The van der Waals surface area contributed by atoms with Crippen molar-refractivity contribution >= 4 is 17.1 Å². The summed E-state index contributed by atoms with van der Waals surface area (Å²) in [6.45, 7) is 2.73. The van der Waals surface area contributed by atoms with E-state index in [1.165, 1.54) is 17.5 Å². The van der Waals surface area contributed by atoms with Crippen molar-refractivity contribution in [3.8, 4) is 0 Å². The summed E-state index contributed by atoms with van der Waals surface area (Å²) in [6, 6.07) is 0. The topological polar surface area (TPSA) is 60.7 Å². The van der Waals surface area contributed by atoms with Gasteiger partial charge in [-0.05, 0) is 6.42 Å². The van der Waals surface area contributed by atoms with Crippen LogP contribution in [0.2, 0.25) is 0 Å². The van der Waals surface area contributed by atoms with E-state index in [9.17, 15) is 4.79 Å². The van der Waals surface area contributed by atoms with Crippen LogP contribution in [0.4, 0.5) is 0 Å². The highest BCUT2D eigenvalue weighted by Crippen LogP contribution is 2.09. The quantitative estimate of drug-likeness (QED) is 0.733. The van der Waals surface area contributed by atoms with Gasteiger partial charge in [0.25, 0.3) is 0 Å². The number of carbonyl (C=O) groups excluding carboxylic acids is 1. The molecule has 0 bridgehead atoms. The minimum atomic E-state index is -0.116. The smallest absolute Gasteiger partial charge is 0.231 e. The SMILES string of the molecule is CCCn1nncc1C(=O)c1cscn1. The summed E-state index contributed by atoms with van der Waals surface area (Å²) in [7, 11) is 0. The highest BCUT2D eigenvalue weighted by atomic mass is 32.1. The van der Waals surface area contributed by atoms with Crippen LogP contribution in [0, 0.1) is 0 Å². The second-order valence-corrected chi connectivity index (χ2v) is 3.76. The number of ketones is 1. The Bertz CT molecular complexity index is 448. The number of hydrogen-bond donors (Lipinski definition) is 0. The van der Waals surface area contributed by atoms with Gasteiger partial charge in [0.05, 0.1) is 11.7 Å². The van der Waals surface area contributed by atoms with E-state index in [4.69, 9.17) is 0 Å². The van der Waals surface area contributed by atoms with Crippen LogP contribution < -0.4 is 0 Å². The predicted molar refractivity (Wildman–Crippen MR) is 55.9 cm³/mol. The fraction of sp³-hybridized carbons (Fsp3) is 0.333. The van der Waals surface area contributed by atoms with Gasteiger partial charge < -0.3 is 0 Å². The molecule has 0 radical (unpaired) electrons. The molecule has 5 nitrogen and oxygen atoms in total. The molecule has 6 heteroatoms. The highest BCUT2D eigenvalue weighted by molar-refractivity contribution is 7.07. The number of thiazole rings is 1. The summed E-state index contributed by atoms with van der Waals surface area (Å²) in [5.41, 5.74) is 2.60. The molecule has 0 aliphatic heterocycles. The first-order valence-corrected chi connectivity index (χ1v) is 5.58. The number of nitrogens with zero attached hydrogens (tertiary/aromatic N) is 4. The molecular weight excluding hydrogens is 212 g/mol. The molecule has 2 aromatic rings. The molecule has 2 rings (SSSR count). The van der Waals surface area contributed by atoms with Gasteiger partial charge >= 0.3 is 0 Å². The van der Waals surface area contributed by atoms with Gasteiger partial charge in [0, 0.05) is 11.9 Å². The van der Waals surface area contributed by atoms with Crippen LogP contribution >= 0.6 is 11.3 Å². The Morgan fingerprint density at radius 1 is 1.60 bits per heavy atom. The van der Waals surface area contributed by atoms with E-state index in [0.29, 0.717) is 17.9 Å². The zero-order chi connectivity index (χ0) is 10.7. The lowest BCUT2D eigenvalue weighted by Gasteiger charge is -2.01. The minimum Gasteiger partial charge on any atom is -0.285 e. The monoisotopic (exact) mass is 222 g/mol. The van der Waals surface area contributed by atoms with E-state index in [1.807, 2.05) is 6.92 Å². The summed E-state index contributed by atoms with van der Waals surface area (Å²) in [5, 5.41) is 9.33. The van der Waals surface area contributed by atoms with E-state index in [2.05, 4.69) is 15.3 Å². The fourth-order valence-corrected chi connectivity index (χ4v) is 1.80. The maximum absolute atomic E-state index is 11.9. The van der Waals surface area contributed by atoms with Crippen molar-refractivity contribution in [3.63, 3.8) is 0 Å². The third kappa shape index (κ3) is 1.94. The van der Waals surface area contributed by atoms with Gasteiger partial charge in [0.15, 0.2) is 0 Å². The first-order valence-electron chi connectivity index (χ1n) is 4.64. The van der Waals surface area contributed by atoms with Crippen molar-refractivity contribution in [1.82, 2.24) is 20.0 Å². The summed E-state index contributed by atoms with van der Waals surface area (Å²) >= 11 is 1.40. The third-order valence-corrected chi connectivity index (χ3v) is 2.54. The molecule has 0 N–H and O–H groups in total. The van der Waals surface area contributed by atoms with Crippen molar-refractivity contribution in [2.24, 2.45) is 0 Å². The van der Waals surface area contributed by atoms with Crippen molar-refractivity contribution in [3.05, 3.63) is 28.5 Å². The van der Waals surface area contributed by atoms with Crippen molar-refractivity contribution < 1.29 is 4.79 Å². The first kappa shape index (κ1) is 9.97. The number of carbonyl (C=O) groups is 1. The molecule has 0 aliphatic rings. The number of hydrogen-bond acceptors (Lipinski definition) is 5. The summed E-state index contributed by atoms with van der Waals surface area (Å²) in [4.78, 5) is 15.9. The van der Waals surface area contributed by atoms with Crippen LogP contribution in [0.1, 0.15) is 29.5 Å². The fourth-order valence-electron chi connectivity index (χ4n) is 1.27. The number of rotatable bonds is 4. The van der Waals surface area contributed by atoms with E-state index >= 15 is 0 Å². The van der Waals surface area contributed by atoms with Gasteiger partial charge in [-0.1, -0.05) is 12.1 Å². The zero-order valence-electron chi connectivity index (χ0n) is 8.25. The molecule has 2 heterocycles. The van der Waals surface area contributed by atoms with Gasteiger partial charge in [-0.25, -0.2) is 9.67 Å². The Kier molecular flexibility index (Phi) is 2.86. The molecule has 0 saturated heterocycles. The third-order valence-electron chi connectivity index (χ3n) is 1.95. The van der Waals surface area contributed by atoms with Crippen LogP contribution in [0.15, 0.2) is 17.1 Å². The van der Waals surface area contributed by atoms with E-state index in [1.54, 1.807) is 15.6 Å². The Balaban J connectivity index is 2.29. The lowest BCUT2D eigenvalue weighted by molar-refractivity contribution is 0.102. The molecule has 15 heavy (non-hydrogen) atoms. The van der Waals surface area contributed by atoms with Crippen LogP contribution in [-0.2, 0) is 6.54 Å². The molecule has 0 aliphatic carbocycles. The highest BCUT2D eigenvalue weighted by Gasteiger charge is 2.16. The Morgan fingerprint density at radius 2 is 2.47 bits per heavy atom. The molecule has 78 valence electrons. The van der Waals surface area contributed by atoms with Crippen LogP contribution in [0.25, 0.3) is 0 Å². The standard InChI is InChI=1S/C9H10N4OS/c1-2-3-13-8(4-11-12-13)9(14)7-5-15-6-10-7/h4-6H,2-3H2,1H3. The largest absolute Gasteiger partial charge is 0.285 e. The van der Waals surface area contributed by atoms with Crippen molar-refractivity contribution in [2.75, 3.05) is 0 Å². The van der Waals surface area contributed by atoms with Crippen LogP contribution in [0.3, 0.4) is 0 Å². The van der Waals surface area contributed by atoms with E-state index in [-0.39, 0.29) is 5.78 Å². The maximum Gasteiger partial charge on any atom is 0.231 e. The first-order chi connectivity index (χ1) is 7.33. The summed E-state index contributed by atoms with van der Waals surface area (Å²) in [6.07, 6.45) is 2.40. The maximum atomic E-state index is 11.9. The lowest BCUT2D eigenvalue weighted by Crippen LogP contribution is -2.11. The average Bonchev–Trinajstić information content (AvgIpc) is 2.87. The molecule has 0 saturated carbocycles. The molecule has 0 amide bonds. The number of aromatic nitrogens is 4. The van der Waals surface area contributed by atoms with Gasteiger partial charge in [0.1, 0.15) is 11.4 Å². The van der Waals surface area contributed by atoms with E-state index in [0.717, 1.165) is 6.42 Å². The molecular formula is C9H10N4OS. The molecule has 0 unspecified atom stereocenters. The minimum absolute atomic E-state index is 0.116. The zero-order valence-corrected chi connectivity index (χ0v) is 9.07. The van der Waals surface area contributed by atoms with Gasteiger partial charge in [-0.3, -0.25) is 4.79 Å². The van der Waals surface area contributed by atoms with Crippen LogP contribution in [-0.4, -0.2) is 25.8 Å². The lowest BCUT2D eigenvalue weighted by atomic mass is 10.2. The molecule has 0 fully saturated rings. The average molecular weight is 222 g/mol. The van der Waals surface area contributed by atoms with Gasteiger partial charge in [0.2, 0.25) is 5.78 Å². The molecule has 0 spiro atoms. The number of aryl methyl sites for hydroxylation is 1. The molecule has 0 aromatic carbocycles. The second-order valence-electron chi connectivity index (χ2n) is 3.05. The Labute approximate surface area is 90.8 Å². The normalized spacial score (nSPS) is 10.5. The molecule has 2 aromatic heterocycles. The summed E-state index contributed by atoms with van der Waals surface area (Å²) in [5.74, 6) is -0.116. The molecule has 0 atom stereocenters. The summed E-state index contributed by atoms with van der Waals surface area (Å²) < 4.78 is 1.61. The van der Waals surface area contributed by atoms with Crippen LogP contribution in [0.5, 0.6) is 0 Å². The second kappa shape index (κ2) is 4.31. The van der Waals surface area contributed by atoms with Crippen molar-refractivity contribution in [2.45, 2.75) is 19.9 Å². The van der Waals surface area contributed by atoms with Crippen molar-refractivity contribution in [1.29, 1.82) is 0 Å². The van der Waals surface area contributed by atoms with Gasteiger partial charge in [-0.2, -0.15) is 0 Å². The Hall–Kier alpha value is -1.56. The Morgan fingerprint density at radius 3 is 3.13 bits per heavy atom.